The Bertz CT molecular complexity index is 761. The summed E-state index contributed by atoms with van der Waals surface area (Å²) in [5, 5.41) is 6.89. The third-order valence-electron chi connectivity index (χ3n) is 4.47. The molecule has 3 rings (SSSR count). The van der Waals surface area contributed by atoms with E-state index in [0.29, 0.717) is 23.6 Å². The minimum Gasteiger partial charge on any atom is -0.469 e. The second-order valence-corrected chi connectivity index (χ2v) is 6.53. The van der Waals surface area contributed by atoms with E-state index in [9.17, 15) is 9.59 Å². The molecule has 3 heterocycles. The molecule has 140 valence electrons. The Morgan fingerprint density at radius 1 is 1.42 bits per heavy atom. The van der Waals surface area contributed by atoms with Crippen LogP contribution in [0.25, 0.3) is 0 Å². The fraction of sp³-hybridized carbons (Fsp3) is 0.500. The molecular weight excluding hydrogens is 336 g/mol. The first kappa shape index (κ1) is 18.2. The van der Waals surface area contributed by atoms with Gasteiger partial charge in [0.05, 0.1) is 29.8 Å². The number of nitrogens with one attached hydrogen (secondary N) is 1. The zero-order valence-electron chi connectivity index (χ0n) is 15.1. The van der Waals surface area contributed by atoms with Crippen molar-refractivity contribution in [3.8, 4) is 0 Å². The fourth-order valence-corrected chi connectivity index (χ4v) is 2.95. The maximum absolute atomic E-state index is 12.4. The zero-order valence-corrected chi connectivity index (χ0v) is 15.1. The molecule has 1 aliphatic rings. The lowest BCUT2D eigenvalue weighted by molar-refractivity contribution is -0.133. The monoisotopic (exact) mass is 360 g/mol. The maximum Gasteiger partial charge on any atom is 0.259 e. The standard InChI is InChI=1S/C18H24N4O4/c1-13-16(6-8-25-13)18(24)20-14-9-19-22(10-14)12-17(23)21(2)11-15-5-3-4-7-26-15/h6,8-10,15H,3-5,7,11-12H2,1-2H3,(H,20,24)/t15-/m0/s1. The highest BCUT2D eigenvalue weighted by molar-refractivity contribution is 6.04. The van der Waals surface area contributed by atoms with Gasteiger partial charge in [0, 0.05) is 26.4 Å². The van der Waals surface area contributed by atoms with Crippen molar-refractivity contribution in [1.82, 2.24) is 14.7 Å². The van der Waals surface area contributed by atoms with Crippen LogP contribution in [0.5, 0.6) is 0 Å². The van der Waals surface area contributed by atoms with E-state index in [-0.39, 0.29) is 24.5 Å². The number of rotatable bonds is 6. The van der Waals surface area contributed by atoms with Gasteiger partial charge in [0.15, 0.2) is 0 Å². The van der Waals surface area contributed by atoms with E-state index in [4.69, 9.17) is 9.15 Å². The molecular formula is C18H24N4O4. The summed E-state index contributed by atoms with van der Waals surface area (Å²) in [5.74, 6) is 0.233. The fourth-order valence-electron chi connectivity index (χ4n) is 2.95. The van der Waals surface area contributed by atoms with Crippen molar-refractivity contribution in [2.24, 2.45) is 0 Å². The van der Waals surface area contributed by atoms with E-state index in [1.54, 1.807) is 31.1 Å². The van der Waals surface area contributed by atoms with Gasteiger partial charge < -0.3 is 19.4 Å². The summed E-state index contributed by atoms with van der Waals surface area (Å²) in [4.78, 5) is 26.2. The number of amides is 2. The highest BCUT2D eigenvalue weighted by atomic mass is 16.5. The van der Waals surface area contributed by atoms with Crippen LogP contribution in [0, 0.1) is 6.92 Å². The Morgan fingerprint density at radius 3 is 2.96 bits per heavy atom. The summed E-state index contributed by atoms with van der Waals surface area (Å²) < 4.78 is 12.3. The number of nitrogens with zero attached hydrogens (tertiary/aromatic N) is 3. The van der Waals surface area contributed by atoms with Gasteiger partial charge in [-0.2, -0.15) is 5.10 Å². The number of carbonyl (C=O) groups excluding carboxylic acids is 2. The molecule has 26 heavy (non-hydrogen) atoms. The van der Waals surface area contributed by atoms with Gasteiger partial charge in [0.25, 0.3) is 5.91 Å². The summed E-state index contributed by atoms with van der Waals surface area (Å²) in [5.41, 5.74) is 1.00. The number of ether oxygens (including phenoxy) is 1. The van der Waals surface area contributed by atoms with Gasteiger partial charge in [-0.05, 0) is 32.3 Å². The maximum atomic E-state index is 12.4. The van der Waals surface area contributed by atoms with Crippen molar-refractivity contribution in [2.45, 2.75) is 38.8 Å². The lowest BCUT2D eigenvalue weighted by Crippen LogP contribution is -2.38. The third kappa shape index (κ3) is 4.51. The normalized spacial score (nSPS) is 17.1. The highest BCUT2D eigenvalue weighted by Crippen LogP contribution is 2.14. The largest absolute Gasteiger partial charge is 0.469 e. The van der Waals surface area contributed by atoms with Crippen molar-refractivity contribution in [3.05, 3.63) is 36.0 Å². The highest BCUT2D eigenvalue weighted by Gasteiger charge is 2.19. The number of aryl methyl sites for hydroxylation is 1. The van der Waals surface area contributed by atoms with E-state index in [1.807, 2.05) is 0 Å². The second-order valence-electron chi connectivity index (χ2n) is 6.53. The van der Waals surface area contributed by atoms with Gasteiger partial charge in [-0.25, -0.2) is 0 Å². The van der Waals surface area contributed by atoms with Crippen LogP contribution in [0.1, 0.15) is 35.4 Å². The predicted octanol–water partition coefficient (Wildman–Crippen LogP) is 2.06. The topological polar surface area (TPSA) is 89.6 Å². The summed E-state index contributed by atoms with van der Waals surface area (Å²) >= 11 is 0. The van der Waals surface area contributed by atoms with Crippen molar-refractivity contribution >= 4 is 17.5 Å². The molecule has 0 aliphatic carbocycles. The van der Waals surface area contributed by atoms with E-state index in [2.05, 4.69) is 10.4 Å². The molecule has 8 nitrogen and oxygen atoms in total. The average molecular weight is 360 g/mol. The van der Waals surface area contributed by atoms with Crippen LogP contribution in [0.2, 0.25) is 0 Å². The summed E-state index contributed by atoms with van der Waals surface area (Å²) in [7, 11) is 1.77. The third-order valence-corrected chi connectivity index (χ3v) is 4.47. The molecule has 0 bridgehead atoms. The smallest absolute Gasteiger partial charge is 0.259 e. The summed E-state index contributed by atoms with van der Waals surface area (Å²) in [6.45, 7) is 3.20. The molecule has 0 saturated carbocycles. The molecule has 2 aromatic heterocycles. The average Bonchev–Trinajstić information content (AvgIpc) is 3.24. The van der Waals surface area contributed by atoms with Gasteiger partial charge in [0.1, 0.15) is 12.3 Å². The molecule has 0 radical (unpaired) electrons. The van der Waals surface area contributed by atoms with Crippen LogP contribution in [-0.2, 0) is 16.1 Å². The molecule has 0 unspecified atom stereocenters. The molecule has 1 fully saturated rings. The van der Waals surface area contributed by atoms with E-state index in [0.717, 1.165) is 25.9 Å². The Labute approximate surface area is 152 Å². The van der Waals surface area contributed by atoms with E-state index >= 15 is 0 Å². The van der Waals surface area contributed by atoms with Gasteiger partial charge in [-0.15, -0.1) is 0 Å². The number of likely N-dealkylation sites (N-methyl/N-ethyl adjacent to an activating group) is 1. The van der Waals surface area contributed by atoms with Crippen LogP contribution < -0.4 is 5.32 Å². The summed E-state index contributed by atoms with van der Waals surface area (Å²) in [6.07, 6.45) is 7.96. The Kier molecular flexibility index (Phi) is 5.72. The van der Waals surface area contributed by atoms with Gasteiger partial charge in [-0.1, -0.05) is 0 Å². The van der Waals surface area contributed by atoms with Crippen LogP contribution >= 0.6 is 0 Å². The Morgan fingerprint density at radius 2 is 2.27 bits per heavy atom. The molecule has 1 N–H and O–H groups in total. The number of carbonyl (C=O) groups is 2. The molecule has 1 saturated heterocycles. The molecule has 1 aliphatic heterocycles. The van der Waals surface area contributed by atoms with Crippen LogP contribution in [0.4, 0.5) is 5.69 Å². The number of furan rings is 1. The lowest BCUT2D eigenvalue weighted by atomic mass is 10.1. The van der Waals surface area contributed by atoms with E-state index in [1.165, 1.54) is 17.1 Å². The van der Waals surface area contributed by atoms with Gasteiger partial charge >= 0.3 is 0 Å². The number of hydrogen-bond acceptors (Lipinski definition) is 5. The molecule has 8 heteroatoms. The lowest BCUT2D eigenvalue weighted by Gasteiger charge is -2.27. The number of hydrogen-bond donors (Lipinski definition) is 1. The SMILES string of the molecule is Cc1occc1C(=O)Nc1cnn(CC(=O)N(C)C[C@@H]2CCCCO2)c1. The summed E-state index contributed by atoms with van der Waals surface area (Å²) in [6, 6.07) is 1.61. The Hall–Kier alpha value is -2.61. The van der Waals surface area contributed by atoms with Crippen molar-refractivity contribution in [3.63, 3.8) is 0 Å². The first-order valence-electron chi connectivity index (χ1n) is 8.76. The zero-order chi connectivity index (χ0) is 18.5. The first-order chi connectivity index (χ1) is 12.5. The van der Waals surface area contributed by atoms with Crippen molar-refractivity contribution < 1.29 is 18.7 Å². The van der Waals surface area contributed by atoms with Gasteiger partial charge in [-0.3, -0.25) is 14.3 Å². The minimum absolute atomic E-state index is 0.0502. The van der Waals surface area contributed by atoms with Crippen LogP contribution in [0.15, 0.2) is 29.1 Å². The van der Waals surface area contributed by atoms with Crippen molar-refractivity contribution in [2.75, 3.05) is 25.5 Å². The molecule has 0 spiro atoms. The molecule has 2 amide bonds. The van der Waals surface area contributed by atoms with Crippen LogP contribution in [0.3, 0.4) is 0 Å². The van der Waals surface area contributed by atoms with E-state index < -0.39 is 0 Å². The predicted molar refractivity (Wildman–Crippen MR) is 94.9 cm³/mol. The minimum atomic E-state index is -0.270. The quantitative estimate of drug-likeness (QED) is 0.852. The molecule has 0 aromatic carbocycles. The first-order valence-corrected chi connectivity index (χ1v) is 8.76. The number of anilines is 1. The molecule has 1 atom stereocenters. The molecule has 2 aromatic rings. The van der Waals surface area contributed by atoms with Crippen LogP contribution in [-0.4, -0.2) is 52.8 Å². The van der Waals surface area contributed by atoms with Gasteiger partial charge in [0.2, 0.25) is 5.91 Å². The number of aromatic nitrogens is 2. The second kappa shape index (κ2) is 8.18. The van der Waals surface area contributed by atoms with Crippen molar-refractivity contribution in [1.29, 1.82) is 0 Å². The Balaban J connectivity index is 1.51.